The predicted molar refractivity (Wildman–Crippen MR) is 102 cm³/mol. The molecule has 0 bridgehead atoms. The van der Waals surface area contributed by atoms with Crippen molar-refractivity contribution in [3.05, 3.63) is 0 Å². The van der Waals surface area contributed by atoms with E-state index >= 15 is 0 Å². The number of carboxylic acids is 2. The summed E-state index contributed by atoms with van der Waals surface area (Å²) in [6, 6.07) is -5.82. The lowest BCUT2D eigenvalue weighted by molar-refractivity contribution is -0.147. The fraction of sp³-hybridized carbons (Fsp3) is 0.706. The number of aliphatic hydroxyl groups is 2. The lowest BCUT2D eigenvalue weighted by atomic mass is 10.0. The predicted octanol–water partition coefficient (Wildman–Crippen LogP) is -3.25. The van der Waals surface area contributed by atoms with Gasteiger partial charge in [-0.2, -0.15) is 0 Å². The van der Waals surface area contributed by atoms with Gasteiger partial charge in [-0.3, -0.25) is 19.2 Å². The van der Waals surface area contributed by atoms with Crippen LogP contribution in [0, 0.1) is 5.92 Å². The van der Waals surface area contributed by atoms with Crippen LogP contribution in [0.5, 0.6) is 0 Å². The van der Waals surface area contributed by atoms with Crippen LogP contribution in [-0.4, -0.2) is 87.0 Å². The minimum Gasteiger partial charge on any atom is -0.481 e. The van der Waals surface area contributed by atoms with E-state index in [1.165, 1.54) is 6.92 Å². The van der Waals surface area contributed by atoms with Crippen molar-refractivity contribution in [2.24, 2.45) is 11.7 Å². The first-order chi connectivity index (χ1) is 13.8. The lowest BCUT2D eigenvalue weighted by Gasteiger charge is -2.26. The van der Waals surface area contributed by atoms with Crippen molar-refractivity contribution in [3.63, 3.8) is 0 Å². The van der Waals surface area contributed by atoms with Gasteiger partial charge >= 0.3 is 11.9 Å². The number of amides is 3. The molecule has 0 saturated carbocycles. The Kier molecular flexibility index (Phi) is 11.5. The van der Waals surface area contributed by atoms with Crippen molar-refractivity contribution in [2.45, 2.75) is 63.9 Å². The van der Waals surface area contributed by atoms with E-state index in [9.17, 15) is 29.1 Å². The van der Waals surface area contributed by atoms with Gasteiger partial charge in [0, 0.05) is 0 Å². The molecule has 0 aromatic heterocycles. The second-order valence-corrected chi connectivity index (χ2v) is 7.20. The summed E-state index contributed by atoms with van der Waals surface area (Å²) in [4.78, 5) is 58.8. The Morgan fingerprint density at radius 2 is 1.40 bits per heavy atom. The van der Waals surface area contributed by atoms with Crippen LogP contribution in [0.2, 0.25) is 0 Å². The number of aliphatic carboxylic acids is 2. The van der Waals surface area contributed by atoms with Gasteiger partial charge in [-0.25, -0.2) is 4.79 Å². The van der Waals surface area contributed by atoms with Gasteiger partial charge < -0.3 is 42.1 Å². The molecular weight excluding hydrogens is 404 g/mol. The van der Waals surface area contributed by atoms with Crippen LogP contribution in [0.25, 0.3) is 0 Å². The third kappa shape index (κ3) is 9.62. The molecule has 0 fully saturated rings. The number of nitrogens with two attached hydrogens (primary N) is 1. The molecule has 0 rings (SSSR count). The highest BCUT2D eigenvalue weighted by atomic mass is 16.4. The molecule has 30 heavy (non-hydrogen) atoms. The number of aliphatic hydroxyl groups excluding tert-OH is 2. The van der Waals surface area contributed by atoms with Gasteiger partial charge in [-0.05, 0) is 19.3 Å². The van der Waals surface area contributed by atoms with E-state index in [0.29, 0.717) is 0 Å². The number of hydrogen-bond donors (Lipinski definition) is 8. The van der Waals surface area contributed by atoms with Crippen LogP contribution in [0.15, 0.2) is 0 Å². The van der Waals surface area contributed by atoms with E-state index in [0.717, 1.165) is 0 Å². The Bertz CT molecular complexity index is 639. The standard InChI is InChI=1S/C17H30N4O9/c1-7(2)4-10(15(27)20-11(17(29)30)5-12(24)25)19-16(28)13(8(3)23)21-14(26)9(18)6-22/h7-11,13,22-23H,4-6,18H2,1-3H3,(H,19,28)(H,20,27)(H,21,26)(H,24,25)(H,29,30). The molecule has 5 unspecified atom stereocenters. The second kappa shape index (κ2) is 12.7. The molecule has 5 atom stereocenters. The van der Waals surface area contributed by atoms with Crippen LogP contribution < -0.4 is 21.7 Å². The monoisotopic (exact) mass is 434 g/mol. The normalized spacial score (nSPS) is 16.0. The van der Waals surface area contributed by atoms with E-state index in [1.54, 1.807) is 13.8 Å². The van der Waals surface area contributed by atoms with Crippen molar-refractivity contribution in [1.29, 1.82) is 0 Å². The molecule has 13 heteroatoms. The summed E-state index contributed by atoms with van der Waals surface area (Å²) < 4.78 is 0. The number of nitrogens with one attached hydrogen (secondary N) is 3. The zero-order valence-corrected chi connectivity index (χ0v) is 17.0. The largest absolute Gasteiger partial charge is 0.481 e. The molecule has 0 heterocycles. The van der Waals surface area contributed by atoms with Crippen LogP contribution in [0.1, 0.15) is 33.6 Å². The SMILES string of the molecule is CC(C)CC(NC(=O)C(NC(=O)C(N)CO)C(C)O)C(=O)NC(CC(=O)O)C(=O)O. The van der Waals surface area contributed by atoms with E-state index in [4.69, 9.17) is 21.1 Å². The molecule has 13 nitrogen and oxygen atoms in total. The van der Waals surface area contributed by atoms with Crippen molar-refractivity contribution < 1.29 is 44.4 Å². The molecule has 9 N–H and O–H groups in total. The fourth-order valence-corrected chi connectivity index (χ4v) is 2.36. The first kappa shape index (κ1) is 27.2. The average molecular weight is 434 g/mol. The molecule has 172 valence electrons. The van der Waals surface area contributed by atoms with Gasteiger partial charge in [0.25, 0.3) is 0 Å². The summed E-state index contributed by atoms with van der Waals surface area (Å²) in [5, 5.41) is 43.1. The van der Waals surface area contributed by atoms with Crippen LogP contribution in [0.3, 0.4) is 0 Å². The van der Waals surface area contributed by atoms with Crippen molar-refractivity contribution in [3.8, 4) is 0 Å². The first-order valence-corrected chi connectivity index (χ1v) is 9.20. The summed E-state index contributed by atoms with van der Waals surface area (Å²) in [7, 11) is 0. The molecule has 0 aliphatic heterocycles. The highest BCUT2D eigenvalue weighted by Gasteiger charge is 2.33. The van der Waals surface area contributed by atoms with Crippen LogP contribution in [0.4, 0.5) is 0 Å². The number of carbonyl (C=O) groups is 5. The van der Waals surface area contributed by atoms with Gasteiger partial charge in [0.2, 0.25) is 17.7 Å². The summed E-state index contributed by atoms with van der Waals surface area (Å²) >= 11 is 0. The van der Waals surface area contributed by atoms with Gasteiger partial charge in [0.15, 0.2) is 0 Å². The zero-order valence-electron chi connectivity index (χ0n) is 17.0. The van der Waals surface area contributed by atoms with E-state index < -0.39 is 73.0 Å². The molecule has 0 aromatic carbocycles. The summed E-state index contributed by atoms with van der Waals surface area (Å²) in [5.41, 5.74) is 5.36. The van der Waals surface area contributed by atoms with E-state index in [-0.39, 0.29) is 12.3 Å². The Morgan fingerprint density at radius 1 is 0.867 bits per heavy atom. The van der Waals surface area contributed by atoms with Crippen LogP contribution >= 0.6 is 0 Å². The number of hydrogen-bond acceptors (Lipinski definition) is 8. The minimum absolute atomic E-state index is 0.0631. The maximum Gasteiger partial charge on any atom is 0.326 e. The molecule has 0 spiro atoms. The number of carbonyl (C=O) groups excluding carboxylic acids is 3. The molecule has 0 aromatic rings. The minimum atomic E-state index is -1.71. The number of rotatable bonds is 13. The number of carboxylic acid groups (broad SMARTS) is 2. The maximum atomic E-state index is 12.5. The molecule has 3 amide bonds. The zero-order chi connectivity index (χ0) is 23.6. The quantitative estimate of drug-likeness (QED) is 0.144. The Hall–Kier alpha value is -2.77. The topological polar surface area (TPSA) is 228 Å². The van der Waals surface area contributed by atoms with E-state index in [1.807, 2.05) is 0 Å². The Labute approximate surface area is 173 Å². The lowest BCUT2D eigenvalue weighted by Crippen LogP contribution is -2.60. The second-order valence-electron chi connectivity index (χ2n) is 7.20. The molecular formula is C17H30N4O9. The van der Waals surface area contributed by atoms with Crippen molar-refractivity contribution in [2.75, 3.05) is 6.61 Å². The van der Waals surface area contributed by atoms with Gasteiger partial charge in [0.1, 0.15) is 24.2 Å². The molecule has 0 aliphatic rings. The molecule has 0 aliphatic carbocycles. The van der Waals surface area contributed by atoms with Crippen molar-refractivity contribution in [1.82, 2.24) is 16.0 Å². The summed E-state index contributed by atoms with van der Waals surface area (Å²) in [5.74, 6) is -5.93. The van der Waals surface area contributed by atoms with Crippen LogP contribution in [-0.2, 0) is 24.0 Å². The van der Waals surface area contributed by atoms with Gasteiger partial charge in [-0.15, -0.1) is 0 Å². The summed E-state index contributed by atoms with van der Waals surface area (Å²) in [6.45, 7) is 3.97. The van der Waals surface area contributed by atoms with Gasteiger partial charge in [-0.1, -0.05) is 13.8 Å². The van der Waals surface area contributed by atoms with Crippen molar-refractivity contribution >= 4 is 29.7 Å². The first-order valence-electron chi connectivity index (χ1n) is 9.20. The molecule has 0 radical (unpaired) electrons. The highest BCUT2D eigenvalue weighted by Crippen LogP contribution is 2.07. The fourth-order valence-electron chi connectivity index (χ4n) is 2.36. The summed E-state index contributed by atoms with van der Waals surface area (Å²) in [6.07, 6.45) is -2.19. The maximum absolute atomic E-state index is 12.5. The third-order valence-electron chi connectivity index (χ3n) is 3.93. The van der Waals surface area contributed by atoms with E-state index in [2.05, 4.69) is 16.0 Å². The Morgan fingerprint density at radius 3 is 1.80 bits per heavy atom. The third-order valence-corrected chi connectivity index (χ3v) is 3.93. The smallest absolute Gasteiger partial charge is 0.326 e. The van der Waals surface area contributed by atoms with Gasteiger partial charge in [0.05, 0.1) is 19.1 Å². The Balaban J connectivity index is 5.43. The molecule has 0 saturated heterocycles. The highest BCUT2D eigenvalue weighted by molar-refractivity contribution is 5.94. The average Bonchev–Trinajstić information content (AvgIpc) is 2.62.